The molecule has 1 aromatic rings. The number of anilines is 1. The highest BCUT2D eigenvalue weighted by Crippen LogP contribution is 2.32. The predicted molar refractivity (Wildman–Crippen MR) is 68.3 cm³/mol. The lowest BCUT2D eigenvalue weighted by Gasteiger charge is -2.32. The van der Waals surface area contributed by atoms with Crippen molar-refractivity contribution in [3.63, 3.8) is 0 Å². The fourth-order valence-corrected chi connectivity index (χ4v) is 2.93. The van der Waals surface area contributed by atoms with Gasteiger partial charge in [0.2, 0.25) is 5.91 Å². The third kappa shape index (κ3) is 1.84. The summed E-state index contributed by atoms with van der Waals surface area (Å²) in [5, 5.41) is 3.38. The van der Waals surface area contributed by atoms with Gasteiger partial charge in [-0.25, -0.2) is 0 Å². The minimum absolute atomic E-state index is 0.263. The van der Waals surface area contributed by atoms with E-state index in [9.17, 15) is 4.79 Å². The lowest BCUT2D eigenvalue weighted by atomic mass is 10.1. The Hall–Kier alpha value is -1.35. The van der Waals surface area contributed by atoms with Crippen LogP contribution >= 0.6 is 0 Å². The summed E-state index contributed by atoms with van der Waals surface area (Å²) in [5.41, 5.74) is 3.56. The van der Waals surface area contributed by atoms with Crippen molar-refractivity contribution in [3.8, 4) is 0 Å². The first-order valence-corrected chi connectivity index (χ1v) is 6.38. The van der Waals surface area contributed by atoms with Gasteiger partial charge >= 0.3 is 0 Å². The summed E-state index contributed by atoms with van der Waals surface area (Å²) in [6, 6.07) is 6.69. The molecule has 90 valence electrons. The predicted octanol–water partition coefficient (Wildman–Crippen LogP) is 1.64. The van der Waals surface area contributed by atoms with Gasteiger partial charge in [-0.1, -0.05) is 17.7 Å². The first-order valence-electron chi connectivity index (χ1n) is 6.38. The molecule has 3 rings (SSSR count). The number of hydrogen-bond donors (Lipinski definition) is 1. The van der Waals surface area contributed by atoms with E-state index in [1.165, 1.54) is 11.1 Å². The molecule has 1 saturated heterocycles. The molecule has 0 radical (unpaired) electrons. The quantitative estimate of drug-likeness (QED) is 0.795. The second-order valence-corrected chi connectivity index (χ2v) is 5.07. The zero-order valence-corrected chi connectivity index (χ0v) is 10.2. The maximum Gasteiger partial charge on any atom is 0.231 e. The van der Waals surface area contributed by atoms with Crippen molar-refractivity contribution < 1.29 is 4.79 Å². The third-order valence-corrected chi connectivity index (χ3v) is 3.74. The number of aryl methyl sites for hydroxylation is 1. The highest BCUT2D eigenvalue weighted by molar-refractivity contribution is 6.02. The van der Waals surface area contributed by atoms with Gasteiger partial charge in [0.1, 0.15) is 0 Å². The Bertz CT molecular complexity index is 450. The van der Waals surface area contributed by atoms with Crippen molar-refractivity contribution in [2.24, 2.45) is 0 Å². The number of fused-ring (bicyclic) bond motifs is 1. The minimum Gasteiger partial charge on any atom is -0.315 e. The fraction of sp³-hybridized carbons (Fsp3) is 0.500. The molecule has 0 saturated carbocycles. The van der Waals surface area contributed by atoms with Gasteiger partial charge < -0.3 is 10.2 Å². The van der Waals surface area contributed by atoms with Crippen LogP contribution in [-0.4, -0.2) is 25.0 Å². The van der Waals surface area contributed by atoms with Crippen LogP contribution in [0.15, 0.2) is 18.2 Å². The smallest absolute Gasteiger partial charge is 0.231 e. The van der Waals surface area contributed by atoms with E-state index in [-0.39, 0.29) is 5.91 Å². The van der Waals surface area contributed by atoms with Crippen molar-refractivity contribution in [1.82, 2.24) is 5.32 Å². The van der Waals surface area contributed by atoms with E-state index < -0.39 is 0 Å². The molecule has 3 heteroatoms. The lowest BCUT2D eigenvalue weighted by molar-refractivity contribution is -0.117. The van der Waals surface area contributed by atoms with E-state index in [1.807, 2.05) is 4.90 Å². The van der Waals surface area contributed by atoms with Crippen LogP contribution < -0.4 is 10.2 Å². The van der Waals surface area contributed by atoms with Gasteiger partial charge in [-0.2, -0.15) is 0 Å². The molecule has 17 heavy (non-hydrogen) atoms. The topological polar surface area (TPSA) is 32.3 Å². The van der Waals surface area contributed by atoms with Crippen LogP contribution in [0.2, 0.25) is 0 Å². The molecule has 2 aliphatic heterocycles. The number of carbonyl (C=O) groups is 1. The van der Waals surface area contributed by atoms with Crippen LogP contribution in [0, 0.1) is 6.92 Å². The minimum atomic E-state index is 0.263. The average molecular weight is 230 g/mol. The van der Waals surface area contributed by atoms with Crippen molar-refractivity contribution in [1.29, 1.82) is 0 Å². The Morgan fingerprint density at radius 2 is 2.29 bits per heavy atom. The summed E-state index contributed by atoms with van der Waals surface area (Å²) in [5.74, 6) is 0.263. The monoisotopic (exact) mass is 230 g/mol. The molecule has 1 unspecified atom stereocenters. The van der Waals surface area contributed by atoms with E-state index in [1.54, 1.807) is 0 Å². The molecule has 0 spiro atoms. The van der Waals surface area contributed by atoms with E-state index in [0.29, 0.717) is 12.5 Å². The second-order valence-electron chi connectivity index (χ2n) is 5.07. The zero-order valence-electron chi connectivity index (χ0n) is 10.2. The van der Waals surface area contributed by atoms with Crippen LogP contribution in [0.25, 0.3) is 0 Å². The molecule has 1 atom stereocenters. The Morgan fingerprint density at radius 1 is 1.41 bits per heavy atom. The van der Waals surface area contributed by atoms with Crippen LogP contribution in [0.1, 0.15) is 24.0 Å². The highest BCUT2D eigenvalue weighted by atomic mass is 16.2. The summed E-state index contributed by atoms with van der Waals surface area (Å²) in [6.07, 6.45) is 2.86. The molecule has 3 nitrogen and oxygen atoms in total. The number of nitrogens with one attached hydrogen (secondary N) is 1. The largest absolute Gasteiger partial charge is 0.315 e. The second kappa shape index (κ2) is 4.15. The van der Waals surface area contributed by atoms with Crippen molar-refractivity contribution in [3.05, 3.63) is 29.3 Å². The molecule has 2 aliphatic rings. The molecule has 0 aromatic heterocycles. The Kier molecular flexibility index (Phi) is 2.63. The summed E-state index contributed by atoms with van der Waals surface area (Å²) in [4.78, 5) is 14.2. The fourth-order valence-electron chi connectivity index (χ4n) is 2.93. The first kappa shape index (κ1) is 10.8. The summed E-state index contributed by atoms with van der Waals surface area (Å²) in [7, 11) is 0. The molecular formula is C14H18N2O. The van der Waals surface area contributed by atoms with Gasteiger partial charge in [0.25, 0.3) is 0 Å². The lowest BCUT2D eigenvalue weighted by Crippen LogP contribution is -2.47. The average Bonchev–Trinajstić information content (AvgIpc) is 2.65. The normalized spacial score (nSPS) is 23.9. The number of carbonyl (C=O) groups excluding carboxylic acids is 1. The van der Waals surface area contributed by atoms with Crippen molar-refractivity contribution in [2.45, 2.75) is 32.2 Å². The molecule has 2 heterocycles. The Morgan fingerprint density at radius 3 is 3.06 bits per heavy atom. The van der Waals surface area contributed by atoms with Crippen molar-refractivity contribution >= 4 is 11.6 Å². The van der Waals surface area contributed by atoms with E-state index in [4.69, 9.17) is 0 Å². The first-order chi connectivity index (χ1) is 8.25. The highest BCUT2D eigenvalue weighted by Gasteiger charge is 2.33. The molecule has 0 aliphatic carbocycles. The molecule has 1 amide bonds. The number of benzene rings is 1. The van der Waals surface area contributed by atoms with Gasteiger partial charge in [-0.15, -0.1) is 0 Å². The number of nitrogens with zero attached hydrogens (tertiary/aromatic N) is 1. The van der Waals surface area contributed by atoms with Gasteiger partial charge in [0.15, 0.2) is 0 Å². The van der Waals surface area contributed by atoms with E-state index >= 15 is 0 Å². The van der Waals surface area contributed by atoms with Gasteiger partial charge in [0.05, 0.1) is 6.42 Å². The van der Waals surface area contributed by atoms with Crippen LogP contribution in [0.3, 0.4) is 0 Å². The molecule has 0 bridgehead atoms. The zero-order chi connectivity index (χ0) is 11.8. The number of hydrogen-bond acceptors (Lipinski definition) is 2. The van der Waals surface area contributed by atoms with E-state index in [0.717, 1.165) is 31.6 Å². The molecule has 1 N–H and O–H groups in total. The van der Waals surface area contributed by atoms with Crippen LogP contribution in [0.4, 0.5) is 5.69 Å². The maximum atomic E-state index is 12.1. The van der Waals surface area contributed by atoms with Crippen LogP contribution in [0.5, 0.6) is 0 Å². The van der Waals surface area contributed by atoms with E-state index in [2.05, 4.69) is 30.4 Å². The Labute approximate surface area is 102 Å². The third-order valence-electron chi connectivity index (χ3n) is 3.74. The van der Waals surface area contributed by atoms with Gasteiger partial charge in [-0.3, -0.25) is 4.79 Å². The van der Waals surface area contributed by atoms with Gasteiger partial charge in [0, 0.05) is 18.3 Å². The van der Waals surface area contributed by atoms with Crippen LogP contribution in [-0.2, 0) is 11.2 Å². The summed E-state index contributed by atoms with van der Waals surface area (Å²) < 4.78 is 0. The number of piperidine rings is 1. The summed E-state index contributed by atoms with van der Waals surface area (Å²) >= 11 is 0. The van der Waals surface area contributed by atoms with Gasteiger partial charge in [-0.05, 0) is 37.9 Å². The molecule has 1 aromatic carbocycles. The maximum absolute atomic E-state index is 12.1. The SMILES string of the molecule is Cc1ccc2c(c1)CC(=O)N2C1CCCNC1. The number of amides is 1. The standard InChI is InChI=1S/C14H18N2O/c1-10-4-5-13-11(7-10)8-14(17)16(13)12-3-2-6-15-9-12/h4-5,7,12,15H,2-3,6,8-9H2,1H3. The Balaban J connectivity index is 1.93. The summed E-state index contributed by atoms with van der Waals surface area (Å²) in [6.45, 7) is 4.09. The molecule has 1 fully saturated rings. The molecular weight excluding hydrogens is 212 g/mol. The van der Waals surface area contributed by atoms with Crippen molar-refractivity contribution in [2.75, 3.05) is 18.0 Å². The number of rotatable bonds is 1.